The number of hydrogen-bond acceptors (Lipinski definition) is 3. The lowest BCUT2D eigenvalue weighted by Crippen LogP contribution is -2.37. The molecule has 3 rings (SSSR count). The molecule has 130 valence electrons. The van der Waals surface area contributed by atoms with E-state index in [1.54, 1.807) is 4.31 Å². The summed E-state index contributed by atoms with van der Waals surface area (Å²) in [7, 11) is -3.51. The van der Waals surface area contributed by atoms with Crippen LogP contribution in [-0.2, 0) is 23.0 Å². The Labute approximate surface area is 144 Å². The summed E-state index contributed by atoms with van der Waals surface area (Å²) in [5.74, 6) is 0. The normalized spacial score (nSPS) is 15.8. The summed E-state index contributed by atoms with van der Waals surface area (Å²) in [6.45, 7) is 10.8. The topological polar surface area (TPSA) is 55.2 Å². The minimum Gasteiger partial charge on any atom is -0.331 e. The van der Waals surface area contributed by atoms with Crippen LogP contribution in [0, 0.1) is 20.8 Å². The van der Waals surface area contributed by atoms with Gasteiger partial charge in [-0.25, -0.2) is 13.4 Å². The highest BCUT2D eigenvalue weighted by Gasteiger charge is 2.32. The molecular weight excluding hydrogens is 322 g/mol. The van der Waals surface area contributed by atoms with Gasteiger partial charge in [0.25, 0.3) is 0 Å². The number of nitrogens with zero attached hydrogens (tertiary/aromatic N) is 3. The number of aryl methyl sites for hydroxylation is 3. The highest BCUT2D eigenvalue weighted by atomic mass is 32.2. The SMILES string of the molecule is Cc1cc(C)c(S(=O)(=O)N2CCc3ncn(C(C)C)c3C2)c(C)c1. The molecule has 24 heavy (non-hydrogen) atoms. The fourth-order valence-electron chi connectivity index (χ4n) is 3.64. The van der Waals surface area contributed by atoms with Gasteiger partial charge < -0.3 is 4.57 Å². The first kappa shape index (κ1) is 17.2. The fourth-order valence-corrected chi connectivity index (χ4v) is 5.45. The Balaban J connectivity index is 2.02. The number of imidazole rings is 1. The van der Waals surface area contributed by atoms with E-state index in [0.717, 1.165) is 28.1 Å². The Morgan fingerprint density at radius 2 is 1.75 bits per heavy atom. The van der Waals surface area contributed by atoms with Crippen molar-refractivity contribution in [2.24, 2.45) is 0 Å². The van der Waals surface area contributed by atoms with Gasteiger partial charge in [0.2, 0.25) is 10.0 Å². The lowest BCUT2D eigenvalue weighted by atomic mass is 10.1. The van der Waals surface area contributed by atoms with Crippen LogP contribution in [0.4, 0.5) is 0 Å². The van der Waals surface area contributed by atoms with Crippen LogP contribution >= 0.6 is 0 Å². The van der Waals surface area contributed by atoms with Crippen molar-refractivity contribution in [3.05, 3.63) is 46.5 Å². The molecular formula is C18H25N3O2S. The van der Waals surface area contributed by atoms with Crippen molar-refractivity contribution in [3.8, 4) is 0 Å². The zero-order chi connectivity index (χ0) is 17.6. The lowest BCUT2D eigenvalue weighted by Gasteiger charge is -2.29. The Morgan fingerprint density at radius 1 is 1.12 bits per heavy atom. The molecule has 0 bridgehead atoms. The van der Waals surface area contributed by atoms with E-state index in [4.69, 9.17) is 0 Å². The van der Waals surface area contributed by atoms with Crippen molar-refractivity contribution in [2.45, 2.75) is 58.5 Å². The van der Waals surface area contributed by atoms with Gasteiger partial charge in [-0.15, -0.1) is 0 Å². The van der Waals surface area contributed by atoms with Crippen LogP contribution in [0.2, 0.25) is 0 Å². The quantitative estimate of drug-likeness (QED) is 0.857. The summed E-state index contributed by atoms with van der Waals surface area (Å²) in [5.41, 5.74) is 4.75. The molecule has 2 aromatic rings. The molecule has 0 saturated carbocycles. The monoisotopic (exact) mass is 347 g/mol. The van der Waals surface area contributed by atoms with E-state index in [2.05, 4.69) is 23.4 Å². The van der Waals surface area contributed by atoms with E-state index in [0.29, 0.717) is 24.4 Å². The van der Waals surface area contributed by atoms with Gasteiger partial charge in [-0.2, -0.15) is 4.31 Å². The molecule has 0 unspecified atom stereocenters. The van der Waals surface area contributed by atoms with Gasteiger partial charge in [-0.05, 0) is 45.7 Å². The van der Waals surface area contributed by atoms with Gasteiger partial charge in [-0.3, -0.25) is 0 Å². The van der Waals surface area contributed by atoms with E-state index < -0.39 is 10.0 Å². The van der Waals surface area contributed by atoms with Crippen LogP contribution < -0.4 is 0 Å². The molecule has 1 aromatic heterocycles. The van der Waals surface area contributed by atoms with Crippen molar-refractivity contribution in [1.29, 1.82) is 0 Å². The average molecular weight is 347 g/mol. The number of sulfonamides is 1. The largest absolute Gasteiger partial charge is 0.331 e. The minimum atomic E-state index is -3.51. The van der Waals surface area contributed by atoms with Crippen LogP contribution in [0.15, 0.2) is 23.4 Å². The molecule has 5 nitrogen and oxygen atoms in total. The summed E-state index contributed by atoms with van der Waals surface area (Å²) in [6.07, 6.45) is 2.49. The summed E-state index contributed by atoms with van der Waals surface area (Å²) < 4.78 is 30.2. The molecule has 0 amide bonds. The second-order valence-electron chi connectivity index (χ2n) is 6.96. The van der Waals surface area contributed by atoms with Crippen LogP contribution in [-0.4, -0.2) is 28.8 Å². The molecule has 0 N–H and O–H groups in total. The van der Waals surface area contributed by atoms with Crippen LogP contribution in [0.3, 0.4) is 0 Å². The molecule has 0 atom stereocenters. The average Bonchev–Trinajstić information content (AvgIpc) is 2.88. The van der Waals surface area contributed by atoms with Crippen LogP contribution in [0.1, 0.15) is 48.0 Å². The first-order valence-corrected chi connectivity index (χ1v) is 9.78. The Hall–Kier alpha value is -1.66. The molecule has 0 radical (unpaired) electrons. The van der Waals surface area contributed by atoms with Crippen molar-refractivity contribution in [1.82, 2.24) is 13.9 Å². The third-order valence-electron chi connectivity index (χ3n) is 4.67. The van der Waals surface area contributed by atoms with Gasteiger partial charge in [0.15, 0.2) is 0 Å². The summed E-state index contributed by atoms with van der Waals surface area (Å²) >= 11 is 0. The first-order valence-electron chi connectivity index (χ1n) is 8.34. The Morgan fingerprint density at radius 3 is 2.33 bits per heavy atom. The second-order valence-corrected chi connectivity index (χ2v) is 8.83. The number of rotatable bonds is 3. The zero-order valence-corrected chi connectivity index (χ0v) is 15.8. The highest BCUT2D eigenvalue weighted by Crippen LogP contribution is 2.29. The minimum absolute atomic E-state index is 0.270. The first-order chi connectivity index (χ1) is 11.2. The third kappa shape index (κ3) is 2.78. The summed E-state index contributed by atoms with van der Waals surface area (Å²) in [4.78, 5) is 4.91. The second kappa shape index (κ2) is 6.01. The molecule has 0 fully saturated rings. The molecule has 0 aliphatic carbocycles. The number of hydrogen-bond donors (Lipinski definition) is 0. The van der Waals surface area contributed by atoms with Crippen molar-refractivity contribution in [3.63, 3.8) is 0 Å². The number of fused-ring (bicyclic) bond motifs is 1. The number of aromatic nitrogens is 2. The van der Waals surface area contributed by atoms with Crippen molar-refractivity contribution in [2.75, 3.05) is 6.54 Å². The van der Waals surface area contributed by atoms with E-state index in [9.17, 15) is 8.42 Å². The predicted octanol–water partition coefficient (Wildman–Crippen LogP) is 3.14. The zero-order valence-electron chi connectivity index (χ0n) is 15.0. The fraction of sp³-hybridized carbons (Fsp3) is 0.500. The molecule has 1 aliphatic rings. The molecule has 6 heteroatoms. The van der Waals surface area contributed by atoms with Crippen LogP contribution in [0.5, 0.6) is 0 Å². The van der Waals surface area contributed by atoms with Gasteiger partial charge in [-0.1, -0.05) is 17.7 Å². The van der Waals surface area contributed by atoms with E-state index >= 15 is 0 Å². The van der Waals surface area contributed by atoms with Gasteiger partial charge in [0.1, 0.15) is 0 Å². The van der Waals surface area contributed by atoms with E-state index in [1.165, 1.54) is 0 Å². The highest BCUT2D eigenvalue weighted by molar-refractivity contribution is 7.89. The molecule has 2 heterocycles. The van der Waals surface area contributed by atoms with E-state index in [1.807, 2.05) is 39.2 Å². The van der Waals surface area contributed by atoms with Crippen LogP contribution in [0.25, 0.3) is 0 Å². The Kier molecular flexibility index (Phi) is 4.30. The number of benzene rings is 1. The standard InChI is InChI=1S/C18H25N3O2S/c1-12(2)21-11-19-16-6-7-20(10-17(16)21)24(22,23)18-14(4)8-13(3)9-15(18)5/h8-9,11-12H,6-7,10H2,1-5H3. The van der Waals surface area contributed by atoms with Gasteiger partial charge in [0.05, 0.1) is 29.2 Å². The maximum Gasteiger partial charge on any atom is 0.243 e. The third-order valence-corrected chi connectivity index (χ3v) is 6.82. The molecule has 1 aromatic carbocycles. The Bertz CT molecular complexity index is 859. The molecule has 0 saturated heterocycles. The van der Waals surface area contributed by atoms with Gasteiger partial charge in [0, 0.05) is 19.0 Å². The van der Waals surface area contributed by atoms with Crippen molar-refractivity contribution < 1.29 is 8.42 Å². The van der Waals surface area contributed by atoms with Crippen molar-refractivity contribution >= 4 is 10.0 Å². The summed E-state index contributed by atoms with van der Waals surface area (Å²) in [6, 6.07) is 4.15. The maximum atomic E-state index is 13.2. The van der Waals surface area contributed by atoms with E-state index in [-0.39, 0.29) is 6.04 Å². The summed E-state index contributed by atoms with van der Waals surface area (Å²) in [5, 5.41) is 0. The van der Waals surface area contributed by atoms with Gasteiger partial charge >= 0.3 is 0 Å². The lowest BCUT2D eigenvalue weighted by molar-refractivity contribution is 0.371. The molecule has 1 aliphatic heterocycles. The maximum absolute atomic E-state index is 13.2. The smallest absolute Gasteiger partial charge is 0.243 e. The predicted molar refractivity (Wildman–Crippen MR) is 94.6 cm³/mol. The molecule has 0 spiro atoms.